The second-order valence-corrected chi connectivity index (χ2v) is 6.77. The third-order valence-electron chi connectivity index (χ3n) is 4.53. The summed E-state index contributed by atoms with van der Waals surface area (Å²) in [5.74, 6) is -1.56. The zero-order valence-corrected chi connectivity index (χ0v) is 14.1. The average Bonchev–Trinajstić information content (AvgIpc) is 3.36. The quantitative estimate of drug-likeness (QED) is 0.626. The van der Waals surface area contributed by atoms with Crippen LogP contribution in [0, 0.1) is 5.41 Å². The van der Waals surface area contributed by atoms with Crippen LogP contribution in [0.1, 0.15) is 16.4 Å². The van der Waals surface area contributed by atoms with Gasteiger partial charge in [0, 0.05) is 16.7 Å². The molecule has 0 bridgehead atoms. The van der Waals surface area contributed by atoms with Crippen LogP contribution in [0.5, 0.6) is 0 Å². The van der Waals surface area contributed by atoms with E-state index in [4.69, 9.17) is 9.57 Å². The molecular formula is C18H14N2O4S. The molecule has 1 aromatic heterocycles. The molecule has 0 amide bonds. The van der Waals surface area contributed by atoms with Crippen LogP contribution in [0.15, 0.2) is 58.0 Å². The van der Waals surface area contributed by atoms with Crippen molar-refractivity contribution in [2.75, 3.05) is 7.11 Å². The van der Waals surface area contributed by atoms with E-state index in [0.717, 1.165) is 10.4 Å². The van der Waals surface area contributed by atoms with Crippen molar-refractivity contribution in [2.24, 2.45) is 15.6 Å². The molecule has 2 aliphatic rings. The molecule has 0 radical (unpaired) electrons. The van der Waals surface area contributed by atoms with Crippen molar-refractivity contribution in [3.63, 3.8) is 0 Å². The van der Waals surface area contributed by atoms with Crippen molar-refractivity contribution in [3.05, 3.63) is 58.3 Å². The standard InChI is InChI=1S/C18H14N2O4S/c1-23-16(21)14-13(12-8-5-9-25-12)18(10-19-14)15(20-24-17(18)22)11-6-3-2-4-7-11/h2-10,13-14H,1H3/t13-,14+,18+/m0/s1. The molecule has 0 N–H and O–H groups in total. The van der Waals surface area contributed by atoms with Crippen LogP contribution >= 0.6 is 11.3 Å². The van der Waals surface area contributed by atoms with E-state index in [1.807, 2.05) is 47.8 Å². The Morgan fingerprint density at radius 3 is 2.72 bits per heavy atom. The number of methoxy groups -OCH3 is 1. The summed E-state index contributed by atoms with van der Waals surface area (Å²) in [5.41, 5.74) is -0.0102. The van der Waals surface area contributed by atoms with Gasteiger partial charge < -0.3 is 9.57 Å². The number of hydrogen-bond acceptors (Lipinski definition) is 7. The number of carbonyl (C=O) groups is 2. The van der Waals surface area contributed by atoms with Crippen LogP contribution in [-0.4, -0.2) is 37.0 Å². The summed E-state index contributed by atoms with van der Waals surface area (Å²) in [5, 5.41) is 5.93. The van der Waals surface area contributed by atoms with Gasteiger partial charge in [0.05, 0.1) is 13.0 Å². The van der Waals surface area contributed by atoms with Gasteiger partial charge >= 0.3 is 11.9 Å². The van der Waals surface area contributed by atoms with Gasteiger partial charge in [-0.25, -0.2) is 9.59 Å². The highest BCUT2D eigenvalue weighted by atomic mass is 32.1. The van der Waals surface area contributed by atoms with E-state index in [0.29, 0.717) is 5.71 Å². The van der Waals surface area contributed by atoms with Crippen LogP contribution < -0.4 is 0 Å². The Bertz CT molecular complexity index is 876. The largest absolute Gasteiger partial charge is 0.467 e. The van der Waals surface area contributed by atoms with Gasteiger partial charge in [0.15, 0.2) is 11.5 Å². The molecule has 1 aromatic carbocycles. The second-order valence-electron chi connectivity index (χ2n) is 5.79. The summed E-state index contributed by atoms with van der Waals surface area (Å²) in [6.45, 7) is 0. The summed E-state index contributed by atoms with van der Waals surface area (Å²) in [4.78, 5) is 35.3. The average molecular weight is 354 g/mol. The number of carbonyl (C=O) groups excluding carboxylic acids is 2. The van der Waals surface area contributed by atoms with Crippen LogP contribution in [0.2, 0.25) is 0 Å². The fourth-order valence-corrected chi connectivity index (χ4v) is 4.32. The van der Waals surface area contributed by atoms with Crippen molar-refractivity contribution in [1.29, 1.82) is 0 Å². The molecule has 0 saturated carbocycles. The van der Waals surface area contributed by atoms with E-state index in [1.165, 1.54) is 24.7 Å². The van der Waals surface area contributed by atoms with Gasteiger partial charge in [0.1, 0.15) is 5.71 Å². The van der Waals surface area contributed by atoms with Crippen molar-refractivity contribution in [1.82, 2.24) is 0 Å². The number of thiophene rings is 1. The topological polar surface area (TPSA) is 77.3 Å². The van der Waals surface area contributed by atoms with Crippen LogP contribution in [0.4, 0.5) is 0 Å². The molecule has 0 saturated heterocycles. The summed E-state index contributed by atoms with van der Waals surface area (Å²) in [6.07, 6.45) is 1.50. The summed E-state index contributed by atoms with van der Waals surface area (Å²) < 4.78 is 4.90. The molecule has 6 nitrogen and oxygen atoms in total. The van der Waals surface area contributed by atoms with Crippen LogP contribution in [0.3, 0.4) is 0 Å². The maximum absolute atomic E-state index is 12.8. The summed E-state index contributed by atoms with van der Waals surface area (Å²) in [7, 11) is 1.31. The van der Waals surface area contributed by atoms with Gasteiger partial charge in [-0.05, 0) is 11.4 Å². The third-order valence-corrected chi connectivity index (χ3v) is 5.49. The number of benzene rings is 1. The van der Waals surface area contributed by atoms with E-state index in [-0.39, 0.29) is 0 Å². The van der Waals surface area contributed by atoms with Crippen molar-refractivity contribution in [2.45, 2.75) is 12.0 Å². The van der Waals surface area contributed by atoms with E-state index in [2.05, 4.69) is 10.1 Å². The number of esters is 1. The predicted molar refractivity (Wildman–Crippen MR) is 92.9 cm³/mol. The molecule has 0 fully saturated rings. The molecule has 1 spiro atoms. The molecule has 0 aliphatic carbocycles. The predicted octanol–water partition coefficient (Wildman–Crippen LogP) is 2.41. The highest BCUT2D eigenvalue weighted by Crippen LogP contribution is 2.50. The Kier molecular flexibility index (Phi) is 3.73. The maximum atomic E-state index is 12.8. The number of oxime groups is 1. The minimum atomic E-state index is -1.23. The molecule has 7 heteroatoms. The van der Waals surface area contributed by atoms with Crippen LogP contribution in [-0.2, 0) is 19.2 Å². The van der Waals surface area contributed by atoms with E-state index < -0.39 is 29.3 Å². The molecule has 25 heavy (non-hydrogen) atoms. The Balaban J connectivity index is 1.88. The first-order chi connectivity index (χ1) is 12.2. The third kappa shape index (κ3) is 2.23. The molecule has 2 aromatic rings. The zero-order chi connectivity index (χ0) is 17.4. The first kappa shape index (κ1) is 15.7. The van der Waals surface area contributed by atoms with Gasteiger partial charge in [-0.15, -0.1) is 11.3 Å². The molecule has 126 valence electrons. The first-order valence-corrected chi connectivity index (χ1v) is 8.57. The van der Waals surface area contributed by atoms with Gasteiger partial charge in [0.25, 0.3) is 0 Å². The smallest absolute Gasteiger partial charge is 0.353 e. The van der Waals surface area contributed by atoms with E-state index in [9.17, 15) is 9.59 Å². The minimum Gasteiger partial charge on any atom is -0.467 e. The lowest BCUT2D eigenvalue weighted by atomic mass is 9.69. The highest BCUT2D eigenvalue weighted by Gasteiger charge is 2.62. The van der Waals surface area contributed by atoms with Gasteiger partial charge in [-0.1, -0.05) is 41.6 Å². The number of rotatable bonds is 3. The molecule has 3 atom stereocenters. The fraction of sp³-hybridized carbons (Fsp3) is 0.222. The van der Waals surface area contributed by atoms with Crippen LogP contribution in [0.25, 0.3) is 0 Å². The van der Waals surface area contributed by atoms with Crippen molar-refractivity contribution in [3.8, 4) is 0 Å². The maximum Gasteiger partial charge on any atom is 0.353 e. The Morgan fingerprint density at radius 2 is 2.04 bits per heavy atom. The highest BCUT2D eigenvalue weighted by molar-refractivity contribution is 7.10. The molecule has 2 aliphatic heterocycles. The molecule has 0 unspecified atom stereocenters. The molecule has 4 rings (SSSR count). The summed E-state index contributed by atoms with van der Waals surface area (Å²) in [6, 6.07) is 12.3. The van der Waals surface area contributed by atoms with Gasteiger partial charge in [-0.2, -0.15) is 0 Å². The monoisotopic (exact) mass is 354 g/mol. The molecule has 3 heterocycles. The van der Waals surface area contributed by atoms with Crippen molar-refractivity contribution >= 4 is 35.2 Å². The van der Waals surface area contributed by atoms with Gasteiger partial charge in [-0.3, -0.25) is 4.99 Å². The van der Waals surface area contributed by atoms with Gasteiger partial charge in [0.2, 0.25) is 0 Å². The Hall–Kier alpha value is -2.80. The van der Waals surface area contributed by atoms with Crippen molar-refractivity contribution < 1.29 is 19.2 Å². The lowest BCUT2D eigenvalue weighted by molar-refractivity contribution is -0.147. The number of hydrogen-bond donors (Lipinski definition) is 0. The van der Waals surface area contributed by atoms with E-state index in [1.54, 1.807) is 0 Å². The Morgan fingerprint density at radius 1 is 1.24 bits per heavy atom. The number of ether oxygens (including phenoxy) is 1. The lowest BCUT2D eigenvalue weighted by Crippen LogP contribution is -2.44. The second kappa shape index (κ2) is 5.93. The zero-order valence-electron chi connectivity index (χ0n) is 13.3. The fourth-order valence-electron chi connectivity index (χ4n) is 3.39. The number of aliphatic imine (C=N–C) groups is 1. The first-order valence-electron chi connectivity index (χ1n) is 7.69. The normalized spacial score (nSPS) is 27.4. The summed E-state index contributed by atoms with van der Waals surface area (Å²) >= 11 is 1.46. The SMILES string of the molecule is COC(=O)[C@@H]1N=C[C@@]2(C(=O)ON=C2c2ccccc2)[C@H]1c1cccs1. The number of nitrogens with zero attached hydrogens (tertiary/aromatic N) is 2. The molecular weight excluding hydrogens is 340 g/mol. The Labute approximate surface area is 147 Å². The lowest BCUT2D eigenvalue weighted by Gasteiger charge is -2.28. The van der Waals surface area contributed by atoms with E-state index >= 15 is 0 Å². The minimum absolute atomic E-state index is 0.464.